The molecule has 0 bridgehead atoms. The highest BCUT2D eigenvalue weighted by atomic mass is 19.1. The number of hydrogen-bond donors (Lipinski definition) is 3. The van der Waals surface area contributed by atoms with Crippen LogP contribution in [-0.4, -0.2) is 21.3 Å². The van der Waals surface area contributed by atoms with E-state index < -0.39 is 17.3 Å². The zero-order chi connectivity index (χ0) is 11.7. The van der Waals surface area contributed by atoms with Crippen molar-refractivity contribution >= 4 is 5.97 Å². The number of aromatic nitrogens is 2. The second-order valence-electron chi connectivity index (χ2n) is 3.14. The van der Waals surface area contributed by atoms with Crippen molar-refractivity contribution in [1.82, 2.24) is 10.2 Å². The summed E-state index contributed by atoms with van der Waals surface area (Å²) in [6.45, 7) is 0. The molecule has 5 nitrogen and oxygen atoms in total. The van der Waals surface area contributed by atoms with Gasteiger partial charge in [-0.25, -0.2) is 9.18 Å². The number of rotatable bonds is 2. The highest BCUT2D eigenvalue weighted by molar-refractivity contribution is 5.93. The van der Waals surface area contributed by atoms with Crippen molar-refractivity contribution in [2.24, 2.45) is 0 Å². The maximum absolute atomic E-state index is 12.7. The lowest BCUT2D eigenvalue weighted by atomic mass is 10.1. The molecule has 0 aliphatic carbocycles. The molecule has 2 rings (SSSR count). The van der Waals surface area contributed by atoms with Crippen LogP contribution in [-0.2, 0) is 0 Å². The normalized spacial score (nSPS) is 10.3. The third-order valence-corrected chi connectivity index (χ3v) is 2.12. The Kier molecular flexibility index (Phi) is 2.32. The van der Waals surface area contributed by atoms with Gasteiger partial charge in [-0.15, -0.1) is 0 Å². The highest BCUT2D eigenvalue weighted by Gasteiger charge is 2.17. The third-order valence-electron chi connectivity index (χ3n) is 2.12. The molecule has 0 saturated heterocycles. The van der Waals surface area contributed by atoms with Gasteiger partial charge in [0, 0.05) is 0 Å². The maximum atomic E-state index is 12.7. The predicted octanol–water partition coefficient (Wildman–Crippen LogP) is 1.21. The van der Waals surface area contributed by atoms with Crippen molar-refractivity contribution in [3.63, 3.8) is 0 Å². The molecule has 3 N–H and O–H groups in total. The molecule has 0 aliphatic rings. The van der Waals surface area contributed by atoms with Crippen LogP contribution >= 0.6 is 0 Å². The molecule has 0 atom stereocenters. The molecule has 0 aliphatic heterocycles. The van der Waals surface area contributed by atoms with Crippen molar-refractivity contribution in [3.8, 4) is 11.1 Å². The first-order valence-electron chi connectivity index (χ1n) is 4.39. The number of carbonyl (C=O) groups is 1. The summed E-state index contributed by atoms with van der Waals surface area (Å²) in [7, 11) is 0. The van der Waals surface area contributed by atoms with Crippen LogP contribution in [0.3, 0.4) is 0 Å². The van der Waals surface area contributed by atoms with Crippen molar-refractivity contribution in [2.75, 3.05) is 0 Å². The first kappa shape index (κ1) is 10.2. The van der Waals surface area contributed by atoms with Crippen LogP contribution in [0, 0.1) is 5.82 Å². The predicted molar refractivity (Wildman–Crippen MR) is 53.8 cm³/mol. The summed E-state index contributed by atoms with van der Waals surface area (Å²) in [6, 6.07) is 5.02. The molecular formula is C10H7FN2O3. The Bertz CT molecular complexity index is 583. The molecule has 2 aromatic rings. The minimum atomic E-state index is -1.25. The average Bonchev–Trinajstić information content (AvgIpc) is 2.62. The van der Waals surface area contributed by atoms with E-state index in [0.29, 0.717) is 5.56 Å². The molecule has 0 amide bonds. The van der Waals surface area contributed by atoms with E-state index in [0.717, 1.165) is 12.1 Å². The number of hydrogen-bond acceptors (Lipinski definition) is 2. The van der Waals surface area contributed by atoms with Gasteiger partial charge in [0.25, 0.3) is 5.56 Å². The number of carboxylic acids is 1. The summed E-state index contributed by atoms with van der Waals surface area (Å²) in [6.07, 6.45) is 0. The van der Waals surface area contributed by atoms with Crippen LogP contribution in [0.25, 0.3) is 11.1 Å². The largest absolute Gasteiger partial charge is 0.477 e. The van der Waals surface area contributed by atoms with Crippen molar-refractivity contribution in [2.45, 2.75) is 0 Å². The average molecular weight is 222 g/mol. The van der Waals surface area contributed by atoms with Gasteiger partial charge in [-0.2, -0.15) is 0 Å². The quantitative estimate of drug-likeness (QED) is 0.713. The summed E-state index contributed by atoms with van der Waals surface area (Å²) in [5, 5.41) is 13.3. The molecule has 1 heterocycles. The Morgan fingerprint density at radius 1 is 1.19 bits per heavy atom. The van der Waals surface area contributed by atoms with E-state index >= 15 is 0 Å². The zero-order valence-corrected chi connectivity index (χ0v) is 7.95. The lowest BCUT2D eigenvalue weighted by Crippen LogP contribution is -2.05. The molecule has 0 saturated carbocycles. The first-order chi connectivity index (χ1) is 7.59. The lowest BCUT2D eigenvalue weighted by molar-refractivity contribution is 0.0691. The Morgan fingerprint density at radius 3 is 2.38 bits per heavy atom. The van der Waals surface area contributed by atoms with Crippen molar-refractivity contribution in [3.05, 3.63) is 46.1 Å². The molecule has 0 fully saturated rings. The molecule has 0 radical (unpaired) electrons. The summed E-state index contributed by atoms with van der Waals surface area (Å²) < 4.78 is 12.7. The van der Waals surface area contributed by atoms with Gasteiger partial charge in [0.05, 0.1) is 5.56 Å². The van der Waals surface area contributed by atoms with Crippen molar-refractivity contribution < 1.29 is 14.3 Å². The maximum Gasteiger partial charge on any atom is 0.354 e. The second-order valence-corrected chi connectivity index (χ2v) is 3.14. The summed E-state index contributed by atoms with van der Waals surface area (Å²) in [4.78, 5) is 22.2. The van der Waals surface area contributed by atoms with E-state index in [-0.39, 0.29) is 11.3 Å². The van der Waals surface area contributed by atoms with Gasteiger partial charge in [0.15, 0.2) is 5.69 Å². The number of benzene rings is 1. The van der Waals surface area contributed by atoms with Crippen LogP contribution in [0.2, 0.25) is 0 Å². The van der Waals surface area contributed by atoms with E-state index in [1.807, 2.05) is 0 Å². The van der Waals surface area contributed by atoms with Crippen LogP contribution in [0.4, 0.5) is 4.39 Å². The van der Waals surface area contributed by atoms with Gasteiger partial charge in [-0.3, -0.25) is 15.0 Å². The molecule has 16 heavy (non-hydrogen) atoms. The Balaban J connectivity index is 2.63. The van der Waals surface area contributed by atoms with Crippen LogP contribution < -0.4 is 5.56 Å². The third kappa shape index (κ3) is 1.60. The number of nitrogens with one attached hydrogen (secondary N) is 2. The van der Waals surface area contributed by atoms with E-state index in [1.165, 1.54) is 12.1 Å². The van der Waals surface area contributed by atoms with Crippen LogP contribution in [0.1, 0.15) is 10.5 Å². The summed E-state index contributed by atoms with van der Waals surface area (Å²) in [5.74, 6) is -1.70. The molecule has 82 valence electrons. The van der Waals surface area contributed by atoms with Gasteiger partial charge in [0.1, 0.15) is 5.82 Å². The van der Waals surface area contributed by atoms with Gasteiger partial charge in [-0.1, -0.05) is 12.1 Å². The lowest BCUT2D eigenvalue weighted by Gasteiger charge is -1.98. The zero-order valence-electron chi connectivity index (χ0n) is 7.95. The van der Waals surface area contributed by atoms with E-state index in [9.17, 15) is 14.0 Å². The Labute approximate surface area is 88.5 Å². The molecule has 1 aromatic carbocycles. The topological polar surface area (TPSA) is 85.9 Å². The van der Waals surface area contributed by atoms with Crippen LogP contribution in [0.15, 0.2) is 29.1 Å². The molecule has 0 unspecified atom stereocenters. The molecule has 1 aromatic heterocycles. The molecular weight excluding hydrogens is 215 g/mol. The number of aromatic carboxylic acids is 1. The van der Waals surface area contributed by atoms with E-state index in [4.69, 9.17) is 5.11 Å². The second kappa shape index (κ2) is 3.65. The molecule has 0 spiro atoms. The van der Waals surface area contributed by atoms with Gasteiger partial charge in [0.2, 0.25) is 0 Å². The van der Waals surface area contributed by atoms with Gasteiger partial charge < -0.3 is 5.11 Å². The first-order valence-corrected chi connectivity index (χ1v) is 4.39. The summed E-state index contributed by atoms with van der Waals surface area (Å²) in [5.41, 5.74) is -0.450. The van der Waals surface area contributed by atoms with Crippen molar-refractivity contribution in [1.29, 1.82) is 0 Å². The fourth-order valence-corrected chi connectivity index (χ4v) is 1.41. The Hall–Kier alpha value is -2.37. The Morgan fingerprint density at radius 2 is 1.81 bits per heavy atom. The van der Waals surface area contributed by atoms with E-state index in [1.54, 1.807) is 0 Å². The SMILES string of the molecule is O=C(O)c1[nH][nH]c(=O)c1-c1ccc(F)cc1. The van der Waals surface area contributed by atoms with Gasteiger partial charge >= 0.3 is 5.97 Å². The minimum Gasteiger partial charge on any atom is -0.477 e. The fourth-order valence-electron chi connectivity index (χ4n) is 1.41. The number of carboxylic acid groups (broad SMARTS) is 1. The number of halogens is 1. The summed E-state index contributed by atoms with van der Waals surface area (Å²) >= 11 is 0. The number of H-pyrrole nitrogens is 2. The van der Waals surface area contributed by atoms with Gasteiger partial charge in [-0.05, 0) is 17.7 Å². The fraction of sp³-hybridized carbons (Fsp3) is 0. The standard InChI is InChI=1S/C10H7FN2O3/c11-6-3-1-5(2-4-6)7-8(10(15)16)12-13-9(7)14/h1-4H,(H,15,16)(H2,12,13,14). The smallest absolute Gasteiger partial charge is 0.354 e. The molecule has 6 heteroatoms. The number of aromatic amines is 2. The van der Waals surface area contributed by atoms with Crippen LogP contribution in [0.5, 0.6) is 0 Å². The van der Waals surface area contributed by atoms with E-state index in [2.05, 4.69) is 10.2 Å². The monoisotopic (exact) mass is 222 g/mol. The highest BCUT2D eigenvalue weighted by Crippen LogP contribution is 2.18. The minimum absolute atomic E-state index is 0.00694.